The summed E-state index contributed by atoms with van der Waals surface area (Å²) in [7, 11) is 0. The molecule has 0 radical (unpaired) electrons. The van der Waals surface area contributed by atoms with Crippen LogP contribution in [0.4, 0.5) is 37.6 Å². The number of fused-ring (bicyclic) bond motifs is 1. The molecule has 1 aromatic heterocycles. The minimum Gasteiger partial charge on any atom is -0.345 e. The summed E-state index contributed by atoms with van der Waals surface area (Å²) >= 11 is 1.16. The van der Waals surface area contributed by atoms with Crippen molar-refractivity contribution in [2.75, 3.05) is 36.4 Å². The summed E-state index contributed by atoms with van der Waals surface area (Å²) in [5, 5.41) is 3.00. The molecular formula is C19H15F5N4OS. The molecule has 0 bridgehead atoms. The second-order valence-electron chi connectivity index (χ2n) is 6.71. The standard InChI is InChI=1S/C19H15F5N4OS/c20-12-9-14(21)16-15(10-12)30-18(26-16)28-6-4-27(5-7-28)17(29)25-13-3-1-2-11(8-13)19(22,23)24/h1-3,8-10H,4-7H2,(H,25,29). The molecule has 3 aromatic rings. The van der Waals surface area contributed by atoms with E-state index in [2.05, 4.69) is 10.3 Å². The number of carbonyl (C=O) groups excluding carboxylic acids is 1. The Morgan fingerprint density at radius 2 is 1.80 bits per heavy atom. The lowest BCUT2D eigenvalue weighted by Crippen LogP contribution is -2.50. The topological polar surface area (TPSA) is 48.5 Å². The number of nitrogens with one attached hydrogen (secondary N) is 1. The van der Waals surface area contributed by atoms with E-state index in [4.69, 9.17) is 0 Å². The van der Waals surface area contributed by atoms with Crippen molar-refractivity contribution in [3.63, 3.8) is 0 Å². The summed E-state index contributed by atoms with van der Waals surface area (Å²) in [5.41, 5.74) is -0.688. The van der Waals surface area contributed by atoms with Gasteiger partial charge in [0.25, 0.3) is 0 Å². The van der Waals surface area contributed by atoms with Crippen molar-refractivity contribution < 1.29 is 26.7 Å². The van der Waals surface area contributed by atoms with Gasteiger partial charge in [0, 0.05) is 37.9 Å². The fraction of sp³-hybridized carbons (Fsp3) is 0.263. The predicted molar refractivity (Wildman–Crippen MR) is 104 cm³/mol. The van der Waals surface area contributed by atoms with Crippen LogP contribution in [-0.2, 0) is 6.18 Å². The number of urea groups is 1. The predicted octanol–water partition coefficient (Wildman–Crippen LogP) is 4.95. The molecule has 1 aliphatic heterocycles. The molecule has 4 rings (SSSR count). The highest BCUT2D eigenvalue weighted by Gasteiger charge is 2.31. The molecule has 2 aromatic carbocycles. The third-order valence-corrected chi connectivity index (χ3v) is 5.74. The Morgan fingerprint density at radius 3 is 2.50 bits per heavy atom. The van der Waals surface area contributed by atoms with Gasteiger partial charge in [-0.3, -0.25) is 0 Å². The van der Waals surface area contributed by atoms with Crippen LogP contribution in [0, 0.1) is 11.6 Å². The Labute approximate surface area is 171 Å². The maximum atomic E-state index is 13.9. The van der Waals surface area contributed by atoms with E-state index in [1.165, 1.54) is 23.1 Å². The molecule has 0 saturated carbocycles. The zero-order valence-corrected chi connectivity index (χ0v) is 16.2. The number of aromatic nitrogens is 1. The largest absolute Gasteiger partial charge is 0.416 e. The highest BCUT2D eigenvalue weighted by molar-refractivity contribution is 7.22. The number of carbonyl (C=O) groups is 1. The molecule has 5 nitrogen and oxygen atoms in total. The molecule has 1 N–H and O–H groups in total. The van der Waals surface area contributed by atoms with Gasteiger partial charge in [-0.2, -0.15) is 13.2 Å². The second-order valence-corrected chi connectivity index (χ2v) is 7.72. The summed E-state index contributed by atoms with van der Waals surface area (Å²) in [6.45, 7) is 1.41. The Kier molecular flexibility index (Phi) is 5.22. The lowest BCUT2D eigenvalue weighted by atomic mass is 10.2. The Hall–Kier alpha value is -2.95. The van der Waals surface area contributed by atoms with Gasteiger partial charge in [0.1, 0.15) is 11.3 Å². The minimum atomic E-state index is -4.49. The molecule has 1 saturated heterocycles. The SMILES string of the molecule is O=C(Nc1cccc(C(F)(F)F)c1)N1CCN(c2nc3c(F)cc(F)cc3s2)CC1. The third-order valence-electron chi connectivity index (χ3n) is 4.68. The molecule has 2 amide bonds. The van der Waals surface area contributed by atoms with Crippen LogP contribution in [0.5, 0.6) is 0 Å². The summed E-state index contributed by atoms with van der Waals surface area (Å²) in [6, 6.07) is 5.92. The number of halogens is 5. The van der Waals surface area contributed by atoms with E-state index < -0.39 is 29.4 Å². The van der Waals surface area contributed by atoms with Crippen molar-refractivity contribution in [2.45, 2.75) is 6.18 Å². The van der Waals surface area contributed by atoms with Crippen LogP contribution in [-0.4, -0.2) is 42.1 Å². The quantitative estimate of drug-likeness (QED) is 0.572. The first-order valence-electron chi connectivity index (χ1n) is 8.94. The summed E-state index contributed by atoms with van der Waals surface area (Å²) in [5.74, 6) is -1.40. The van der Waals surface area contributed by atoms with Crippen LogP contribution in [0.15, 0.2) is 36.4 Å². The number of piperazine rings is 1. The average molecular weight is 442 g/mol. The molecule has 0 spiro atoms. The number of hydrogen-bond acceptors (Lipinski definition) is 4. The lowest BCUT2D eigenvalue weighted by molar-refractivity contribution is -0.137. The third kappa shape index (κ3) is 4.16. The molecule has 30 heavy (non-hydrogen) atoms. The van der Waals surface area contributed by atoms with Crippen LogP contribution in [0.25, 0.3) is 10.2 Å². The average Bonchev–Trinajstić information content (AvgIpc) is 3.12. The lowest BCUT2D eigenvalue weighted by Gasteiger charge is -2.34. The van der Waals surface area contributed by atoms with Gasteiger partial charge in [-0.1, -0.05) is 17.4 Å². The fourth-order valence-corrected chi connectivity index (χ4v) is 4.21. The number of alkyl halides is 3. The Balaban J connectivity index is 1.40. The van der Waals surface area contributed by atoms with Gasteiger partial charge in [-0.05, 0) is 24.3 Å². The highest BCUT2D eigenvalue weighted by atomic mass is 32.1. The normalized spacial score (nSPS) is 15.0. The van der Waals surface area contributed by atoms with Crippen LogP contribution in [0.2, 0.25) is 0 Å². The van der Waals surface area contributed by atoms with Crippen LogP contribution < -0.4 is 10.2 Å². The van der Waals surface area contributed by atoms with Gasteiger partial charge in [-0.25, -0.2) is 18.6 Å². The number of rotatable bonds is 2. The van der Waals surface area contributed by atoms with Crippen molar-refractivity contribution in [3.8, 4) is 0 Å². The van der Waals surface area contributed by atoms with Gasteiger partial charge in [0.2, 0.25) is 0 Å². The molecular weight excluding hydrogens is 427 g/mol. The van der Waals surface area contributed by atoms with Crippen LogP contribution in [0.3, 0.4) is 0 Å². The fourth-order valence-electron chi connectivity index (χ4n) is 3.16. The maximum Gasteiger partial charge on any atom is 0.416 e. The first-order valence-corrected chi connectivity index (χ1v) is 9.76. The summed E-state index contributed by atoms with van der Waals surface area (Å²) in [6.07, 6.45) is -4.49. The Bertz CT molecular complexity index is 1090. The summed E-state index contributed by atoms with van der Waals surface area (Å²) < 4.78 is 66.1. The zero-order chi connectivity index (χ0) is 21.5. The number of thiazole rings is 1. The molecule has 0 aliphatic carbocycles. The minimum absolute atomic E-state index is 0.0564. The number of benzene rings is 2. The van der Waals surface area contributed by atoms with Crippen molar-refractivity contribution in [1.82, 2.24) is 9.88 Å². The first kappa shape index (κ1) is 20.3. The highest BCUT2D eigenvalue weighted by Crippen LogP contribution is 2.32. The molecule has 2 heterocycles. The summed E-state index contributed by atoms with van der Waals surface area (Å²) in [4.78, 5) is 20.0. The van der Waals surface area contributed by atoms with E-state index in [1.807, 2.05) is 4.90 Å². The molecule has 11 heteroatoms. The maximum absolute atomic E-state index is 13.9. The van der Waals surface area contributed by atoms with Crippen LogP contribution >= 0.6 is 11.3 Å². The monoisotopic (exact) mass is 442 g/mol. The second kappa shape index (κ2) is 7.71. The van der Waals surface area contributed by atoms with E-state index in [0.717, 1.165) is 29.5 Å². The molecule has 1 aliphatic rings. The zero-order valence-electron chi connectivity index (χ0n) is 15.3. The smallest absolute Gasteiger partial charge is 0.345 e. The molecule has 1 fully saturated rings. The van der Waals surface area contributed by atoms with Gasteiger partial charge in [0.05, 0.1) is 10.3 Å². The van der Waals surface area contributed by atoms with Gasteiger partial charge in [0.15, 0.2) is 10.9 Å². The first-order chi connectivity index (χ1) is 14.2. The van der Waals surface area contributed by atoms with E-state index in [0.29, 0.717) is 36.0 Å². The number of anilines is 2. The van der Waals surface area contributed by atoms with Crippen molar-refractivity contribution in [2.24, 2.45) is 0 Å². The number of hydrogen-bond donors (Lipinski definition) is 1. The van der Waals surface area contributed by atoms with Crippen LogP contribution in [0.1, 0.15) is 5.56 Å². The van der Waals surface area contributed by atoms with Crippen molar-refractivity contribution in [3.05, 3.63) is 53.6 Å². The van der Waals surface area contributed by atoms with E-state index in [9.17, 15) is 26.7 Å². The van der Waals surface area contributed by atoms with E-state index in [1.54, 1.807) is 0 Å². The molecule has 158 valence electrons. The molecule has 0 unspecified atom stereocenters. The number of nitrogens with zero attached hydrogens (tertiary/aromatic N) is 3. The van der Waals surface area contributed by atoms with Crippen molar-refractivity contribution in [1.29, 1.82) is 0 Å². The Morgan fingerprint density at radius 1 is 1.07 bits per heavy atom. The van der Waals surface area contributed by atoms with Crippen molar-refractivity contribution >= 4 is 38.4 Å². The van der Waals surface area contributed by atoms with Gasteiger partial charge in [-0.15, -0.1) is 0 Å². The van der Waals surface area contributed by atoms with Gasteiger partial charge < -0.3 is 15.1 Å². The van der Waals surface area contributed by atoms with E-state index >= 15 is 0 Å². The number of amides is 2. The molecule has 0 atom stereocenters. The van der Waals surface area contributed by atoms with Gasteiger partial charge >= 0.3 is 12.2 Å². The van der Waals surface area contributed by atoms with E-state index in [-0.39, 0.29) is 11.2 Å².